The third kappa shape index (κ3) is 4.18. The average molecular weight is 280 g/mol. The summed E-state index contributed by atoms with van der Waals surface area (Å²) in [6.45, 7) is 2.42. The van der Waals surface area contributed by atoms with Crippen LogP contribution in [0.1, 0.15) is 31.2 Å². The maximum absolute atomic E-state index is 13.9. The molecule has 0 radical (unpaired) electrons. The first-order valence-electron chi connectivity index (χ1n) is 7.47. The molecule has 1 unspecified atom stereocenters. The Bertz CT molecular complexity index is 425. The first kappa shape index (κ1) is 15.3. The summed E-state index contributed by atoms with van der Waals surface area (Å²) in [7, 11) is 4.01. The minimum atomic E-state index is -0.269. The van der Waals surface area contributed by atoms with Gasteiger partial charge in [0, 0.05) is 12.6 Å². The maximum atomic E-state index is 13.9. The van der Waals surface area contributed by atoms with Crippen molar-refractivity contribution in [3.8, 4) is 5.75 Å². The van der Waals surface area contributed by atoms with Crippen molar-refractivity contribution >= 4 is 0 Å². The summed E-state index contributed by atoms with van der Waals surface area (Å²) in [4.78, 5) is 2.39. The van der Waals surface area contributed by atoms with Crippen LogP contribution in [0.5, 0.6) is 5.75 Å². The summed E-state index contributed by atoms with van der Waals surface area (Å²) < 4.78 is 19.5. The van der Waals surface area contributed by atoms with Crippen molar-refractivity contribution in [3.63, 3.8) is 0 Å². The van der Waals surface area contributed by atoms with E-state index in [2.05, 4.69) is 17.3 Å². The lowest BCUT2D eigenvalue weighted by Gasteiger charge is -2.32. The molecule has 1 aromatic carbocycles. The van der Waals surface area contributed by atoms with Crippen molar-refractivity contribution in [2.45, 2.75) is 38.3 Å². The monoisotopic (exact) mass is 280 g/mol. The quantitative estimate of drug-likeness (QED) is 0.867. The zero-order valence-corrected chi connectivity index (χ0v) is 12.5. The molecule has 0 aliphatic carbocycles. The fourth-order valence-electron chi connectivity index (χ4n) is 2.79. The third-order valence-electron chi connectivity index (χ3n) is 4.01. The highest BCUT2D eigenvalue weighted by atomic mass is 19.1. The van der Waals surface area contributed by atoms with Crippen LogP contribution < -0.4 is 10.1 Å². The molecule has 0 saturated carbocycles. The number of ether oxygens (including phenoxy) is 1. The molecule has 1 heterocycles. The molecule has 20 heavy (non-hydrogen) atoms. The van der Waals surface area contributed by atoms with Gasteiger partial charge < -0.3 is 15.0 Å². The SMILES string of the molecule is CNCc1ccc(OCCC2CCCCN2C)c(F)c1. The number of piperidine rings is 1. The number of hydrogen-bond acceptors (Lipinski definition) is 3. The summed E-state index contributed by atoms with van der Waals surface area (Å²) in [5.74, 6) is 0.0954. The van der Waals surface area contributed by atoms with Gasteiger partial charge in [-0.15, -0.1) is 0 Å². The largest absolute Gasteiger partial charge is 0.490 e. The summed E-state index contributed by atoms with van der Waals surface area (Å²) in [5.41, 5.74) is 0.935. The van der Waals surface area contributed by atoms with Crippen molar-refractivity contribution in [3.05, 3.63) is 29.6 Å². The van der Waals surface area contributed by atoms with E-state index < -0.39 is 0 Å². The Labute approximate surface area is 121 Å². The van der Waals surface area contributed by atoms with Crippen molar-refractivity contribution in [1.29, 1.82) is 0 Å². The van der Waals surface area contributed by atoms with Crippen LogP contribution in [0.15, 0.2) is 18.2 Å². The van der Waals surface area contributed by atoms with Crippen molar-refractivity contribution in [2.24, 2.45) is 0 Å². The summed E-state index contributed by atoms with van der Waals surface area (Å²) in [5, 5.41) is 3.01. The van der Waals surface area contributed by atoms with Gasteiger partial charge in [-0.05, 0) is 57.6 Å². The lowest BCUT2D eigenvalue weighted by Crippen LogP contribution is -2.37. The van der Waals surface area contributed by atoms with Gasteiger partial charge in [-0.3, -0.25) is 0 Å². The van der Waals surface area contributed by atoms with E-state index in [1.807, 2.05) is 13.1 Å². The number of halogens is 1. The molecule has 0 amide bonds. The lowest BCUT2D eigenvalue weighted by molar-refractivity contribution is 0.151. The van der Waals surface area contributed by atoms with Crippen LogP contribution in [-0.2, 0) is 6.54 Å². The molecule has 2 rings (SSSR count). The van der Waals surface area contributed by atoms with Gasteiger partial charge in [0.2, 0.25) is 0 Å². The van der Waals surface area contributed by atoms with Crippen LogP contribution in [0, 0.1) is 5.82 Å². The number of nitrogens with one attached hydrogen (secondary N) is 1. The topological polar surface area (TPSA) is 24.5 Å². The number of benzene rings is 1. The van der Waals surface area contributed by atoms with E-state index in [1.165, 1.54) is 19.3 Å². The van der Waals surface area contributed by atoms with Gasteiger partial charge in [0.05, 0.1) is 6.61 Å². The molecular weight excluding hydrogens is 255 g/mol. The Morgan fingerprint density at radius 1 is 1.40 bits per heavy atom. The molecular formula is C16H25FN2O. The third-order valence-corrected chi connectivity index (χ3v) is 4.01. The molecule has 1 fully saturated rings. The summed E-state index contributed by atoms with van der Waals surface area (Å²) >= 11 is 0. The molecule has 1 aliphatic rings. The van der Waals surface area contributed by atoms with Crippen LogP contribution in [0.3, 0.4) is 0 Å². The second-order valence-electron chi connectivity index (χ2n) is 5.56. The molecule has 3 nitrogen and oxygen atoms in total. The average Bonchev–Trinajstić information content (AvgIpc) is 2.43. The number of hydrogen-bond donors (Lipinski definition) is 1. The molecule has 1 N–H and O–H groups in total. The Hall–Kier alpha value is -1.13. The smallest absolute Gasteiger partial charge is 0.165 e. The number of rotatable bonds is 6. The second-order valence-corrected chi connectivity index (χ2v) is 5.56. The molecule has 1 saturated heterocycles. The van der Waals surface area contributed by atoms with Gasteiger partial charge in [-0.1, -0.05) is 12.5 Å². The Morgan fingerprint density at radius 2 is 2.25 bits per heavy atom. The predicted molar refractivity (Wildman–Crippen MR) is 79.5 cm³/mol. The summed E-state index contributed by atoms with van der Waals surface area (Å²) in [6.07, 6.45) is 4.77. The van der Waals surface area contributed by atoms with Gasteiger partial charge in [-0.25, -0.2) is 4.39 Å². The van der Waals surface area contributed by atoms with E-state index in [4.69, 9.17) is 4.74 Å². The van der Waals surface area contributed by atoms with E-state index >= 15 is 0 Å². The van der Waals surface area contributed by atoms with Gasteiger partial charge in [0.1, 0.15) is 0 Å². The standard InChI is InChI=1S/C16H25FN2O/c1-18-12-13-6-7-16(15(17)11-13)20-10-8-14-5-3-4-9-19(14)2/h6-7,11,14,18H,3-5,8-10,12H2,1-2H3. The molecule has 0 bridgehead atoms. The Morgan fingerprint density at radius 3 is 2.95 bits per heavy atom. The number of likely N-dealkylation sites (tertiary alicyclic amines) is 1. The molecule has 1 aliphatic heterocycles. The minimum Gasteiger partial charge on any atom is -0.490 e. The zero-order valence-electron chi connectivity index (χ0n) is 12.5. The molecule has 112 valence electrons. The predicted octanol–water partition coefficient (Wildman–Crippen LogP) is 2.80. The molecule has 4 heteroatoms. The van der Waals surface area contributed by atoms with Gasteiger partial charge in [-0.2, -0.15) is 0 Å². The first-order valence-corrected chi connectivity index (χ1v) is 7.47. The van der Waals surface area contributed by atoms with Gasteiger partial charge in [0.25, 0.3) is 0 Å². The lowest BCUT2D eigenvalue weighted by atomic mass is 10.0. The Balaban J connectivity index is 1.81. The van der Waals surface area contributed by atoms with Crippen LogP contribution in [0.2, 0.25) is 0 Å². The highest BCUT2D eigenvalue weighted by molar-refractivity contribution is 5.29. The van der Waals surface area contributed by atoms with Gasteiger partial charge >= 0.3 is 0 Å². The summed E-state index contributed by atoms with van der Waals surface area (Å²) in [6, 6.07) is 5.75. The number of nitrogens with zero attached hydrogens (tertiary/aromatic N) is 1. The van der Waals surface area contributed by atoms with E-state index in [0.717, 1.165) is 18.5 Å². The van der Waals surface area contributed by atoms with Gasteiger partial charge in [0.15, 0.2) is 11.6 Å². The van der Waals surface area contributed by atoms with E-state index in [9.17, 15) is 4.39 Å². The van der Waals surface area contributed by atoms with Crippen LogP contribution in [-0.4, -0.2) is 38.2 Å². The highest BCUT2D eigenvalue weighted by Crippen LogP contribution is 2.21. The van der Waals surface area contributed by atoms with Crippen LogP contribution in [0.25, 0.3) is 0 Å². The fraction of sp³-hybridized carbons (Fsp3) is 0.625. The Kier molecular flexibility index (Phi) is 5.80. The highest BCUT2D eigenvalue weighted by Gasteiger charge is 2.18. The molecule has 0 spiro atoms. The first-order chi connectivity index (χ1) is 9.70. The maximum Gasteiger partial charge on any atom is 0.165 e. The minimum absolute atomic E-state index is 0.269. The molecule has 0 aromatic heterocycles. The van der Waals surface area contributed by atoms with E-state index in [0.29, 0.717) is 24.9 Å². The molecule has 1 aromatic rings. The van der Waals surface area contributed by atoms with Crippen molar-refractivity contribution in [2.75, 3.05) is 27.2 Å². The van der Waals surface area contributed by atoms with Crippen molar-refractivity contribution < 1.29 is 9.13 Å². The van der Waals surface area contributed by atoms with Crippen LogP contribution in [0.4, 0.5) is 4.39 Å². The second kappa shape index (κ2) is 7.60. The van der Waals surface area contributed by atoms with E-state index in [-0.39, 0.29) is 5.82 Å². The normalized spacial score (nSPS) is 20.1. The van der Waals surface area contributed by atoms with Crippen molar-refractivity contribution in [1.82, 2.24) is 10.2 Å². The zero-order chi connectivity index (χ0) is 14.4. The van der Waals surface area contributed by atoms with E-state index in [1.54, 1.807) is 12.1 Å². The molecule has 1 atom stereocenters. The van der Waals surface area contributed by atoms with Crippen LogP contribution >= 0.6 is 0 Å². The fourth-order valence-corrected chi connectivity index (χ4v) is 2.79.